The quantitative estimate of drug-likeness (QED) is 0.868. The fraction of sp³-hybridized carbons (Fsp3) is 0.200. The molecule has 0 aliphatic carbocycles. The van der Waals surface area contributed by atoms with Crippen molar-refractivity contribution in [2.45, 2.75) is 13.5 Å². The molecule has 15 heavy (non-hydrogen) atoms. The number of benzene rings is 1. The van der Waals surface area contributed by atoms with Crippen LogP contribution in [0.1, 0.15) is 10.4 Å². The second-order valence-electron chi connectivity index (χ2n) is 3.08. The van der Waals surface area contributed by atoms with Crippen LogP contribution >= 0.6 is 27.5 Å². The molecule has 1 aromatic heterocycles. The van der Waals surface area contributed by atoms with Gasteiger partial charge in [-0.05, 0) is 36.2 Å². The van der Waals surface area contributed by atoms with E-state index < -0.39 is 0 Å². The Balaban J connectivity index is 2.07. The average molecular weight is 285 g/mol. The van der Waals surface area contributed by atoms with E-state index in [0.717, 1.165) is 20.7 Å². The van der Waals surface area contributed by atoms with Crippen LogP contribution in [0.3, 0.4) is 0 Å². The Morgan fingerprint density at radius 1 is 1.47 bits per heavy atom. The lowest BCUT2D eigenvalue weighted by molar-refractivity contribution is 0.307. The van der Waals surface area contributed by atoms with Gasteiger partial charge < -0.3 is 4.74 Å². The van der Waals surface area contributed by atoms with Gasteiger partial charge in [-0.2, -0.15) is 0 Å². The number of aromatic nitrogens is 2. The molecule has 0 aliphatic heterocycles. The molecule has 0 saturated carbocycles. The highest BCUT2D eigenvalue weighted by molar-refractivity contribution is 9.10. The van der Waals surface area contributed by atoms with E-state index in [4.69, 9.17) is 4.74 Å². The molecule has 0 aliphatic rings. The molecule has 0 spiro atoms. The number of hydrogen-bond donors (Lipinski definition) is 0. The monoisotopic (exact) mass is 284 g/mol. The maximum absolute atomic E-state index is 5.66. The summed E-state index contributed by atoms with van der Waals surface area (Å²) in [6.07, 6.45) is 1.72. The first-order valence-corrected chi connectivity index (χ1v) is 5.97. The van der Waals surface area contributed by atoms with Crippen LogP contribution < -0.4 is 4.74 Å². The lowest BCUT2D eigenvalue weighted by atomic mass is 10.2. The molecule has 1 aromatic carbocycles. The fourth-order valence-corrected chi connectivity index (χ4v) is 1.87. The van der Waals surface area contributed by atoms with Crippen molar-refractivity contribution < 1.29 is 4.74 Å². The van der Waals surface area contributed by atoms with E-state index in [1.165, 1.54) is 11.5 Å². The normalized spacial score (nSPS) is 10.3. The third-order valence-electron chi connectivity index (χ3n) is 1.93. The topological polar surface area (TPSA) is 35.0 Å². The molecule has 78 valence electrons. The van der Waals surface area contributed by atoms with Gasteiger partial charge in [0.05, 0.1) is 11.1 Å². The van der Waals surface area contributed by atoms with E-state index >= 15 is 0 Å². The summed E-state index contributed by atoms with van der Waals surface area (Å²) in [6.45, 7) is 2.54. The molecule has 2 aromatic rings. The van der Waals surface area contributed by atoms with E-state index in [1.807, 2.05) is 25.1 Å². The summed E-state index contributed by atoms with van der Waals surface area (Å²) in [6, 6.07) is 5.98. The van der Waals surface area contributed by atoms with Gasteiger partial charge in [-0.15, -0.1) is 5.10 Å². The molecule has 0 bridgehead atoms. The summed E-state index contributed by atoms with van der Waals surface area (Å²) in [7, 11) is 0. The fourth-order valence-electron chi connectivity index (χ4n) is 1.13. The van der Waals surface area contributed by atoms with Crippen molar-refractivity contribution in [2.75, 3.05) is 0 Å². The number of ether oxygens (including phenoxy) is 1. The van der Waals surface area contributed by atoms with E-state index in [-0.39, 0.29) is 0 Å². The van der Waals surface area contributed by atoms with Crippen molar-refractivity contribution in [3.63, 3.8) is 0 Å². The van der Waals surface area contributed by atoms with Crippen LogP contribution in [0.25, 0.3) is 0 Å². The summed E-state index contributed by atoms with van der Waals surface area (Å²) >= 11 is 4.77. The minimum atomic E-state index is 0.523. The van der Waals surface area contributed by atoms with Gasteiger partial charge in [0.25, 0.3) is 0 Å². The summed E-state index contributed by atoms with van der Waals surface area (Å²) in [5, 5.41) is 3.75. The Hall–Kier alpha value is -0.940. The Morgan fingerprint density at radius 3 is 3.07 bits per heavy atom. The molecule has 0 radical (unpaired) electrons. The molecule has 5 heteroatoms. The molecule has 0 unspecified atom stereocenters. The maximum atomic E-state index is 5.66. The maximum Gasteiger partial charge on any atom is 0.126 e. The smallest absolute Gasteiger partial charge is 0.126 e. The molecule has 0 N–H and O–H groups in total. The van der Waals surface area contributed by atoms with Crippen LogP contribution in [-0.4, -0.2) is 9.59 Å². The molecule has 0 saturated heterocycles. The molecule has 1 heterocycles. The summed E-state index contributed by atoms with van der Waals surface area (Å²) in [5.41, 5.74) is 1.12. The largest absolute Gasteiger partial charge is 0.488 e. The van der Waals surface area contributed by atoms with Crippen LogP contribution in [-0.2, 0) is 6.61 Å². The Morgan fingerprint density at radius 2 is 2.33 bits per heavy atom. The zero-order valence-corrected chi connectivity index (χ0v) is 10.5. The first-order chi connectivity index (χ1) is 7.25. The first-order valence-electron chi connectivity index (χ1n) is 4.41. The van der Waals surface area contributed by atoms with Crippen LogP contribution in [0.15, 0.2) is 28.9 Å². The predicted molar refractivity (Wildman–Crippen MR) is 63.1 cm³/mol. The second-order valence-corrected chi connectivity index (χ2v) is 4.87. The highest BCUT2D eigenvalue weighted by atomic mass is 79.9. The lowest BCUT2D eigenvalue weighted by Gasteiger charge is -2.07. The number of halogens is 1. The van der Waals surface area contributed by atoms with Gasteiger partial charge in [-0.1, -0.05) is 26.5 Å². The first kappa shape index (κ1) is 10.6. The van der Waals surface area contributed by atoms with Gasteiger partial charge in [-0.25, -0.2) is 0 Å². The van der Waals surface area contributed by atoms with Crippen molar-refractivity contribution in [3.05, 3.63) is 39.3 Å². The van der Waals surface area contributed by atoms with E-state index in [0.29, 0.717) is 6.61 Å². The summed E-state index contributed by atoms with van der Waals surface area (Å²) in [5.74, 6) is 0.887. The third kappa shape index (κ3) is 2.76. The Kier molecular flexibility index (Phi) is 3.33. The standard InChI is InChI=1S/C10H9BrN2OS/c1-7-2-3-8(11)4-10(7)14-6-9-5-12-13-15-9/h2-5H,6H2,1H3. The molecule has 2 rings (SSSR count). The van der Waals surface area contributed by atoms with E-state index in [9.17, 15) is 0 Å². The van der Waals surface area contributed by atoms with Crippen LogP contribution in [0.2, 0.25) is 0 Å². The van der Waals surface area contributed by atoms with Gasteiger partial charge in [0, 0.05) is 4.47 Å². The van der Waals surface area contributed by atoms with Gasteiger partial charge in [-0.3, -0.25) is 0 Å². The number of rotatable bonds is 3. The number of nitrogens with zero attached hydrogens (tertiary/aromatic N) is 2. The van der Waals surface area contributed by atoms with Crippen molar-refractivity contribution >= 4 is 27.5 Å². The van der Waals surface area contributed by atoms with Crippen LogP contribution in [0.5, 0.6) is 5.75 Å². The molecular formula is C10H9BrN2OS. The van der Waals surface area contributed by atoms with Crippen molar-refractivity contribution in [2.24, 2.45) is 0 Å². The van der Waals surface area contributed by atoms with Gasteiger partial charge in [0.2, 0.25) is 0 Å². The molecular weight excluding hydrogens is 276 g/mol. The van der Waals surface area contributed by atoms with Crippen LogP contribution in [0.4, 0.5) is 0 Å². The van der Waals surface area contributed by atoms with E-state index in [2.05, 4.69) is 25.5 Å². The van der Waals surface area contributed by atoms with Crippen LogP contribution in [0, 0.1) is 6.92 Å². The van der Waals surface area contributed by atoms with Crippen molar-refractivity contribution in [1.29, 1.82) is 0 Å². The SMILES string of the molecule is Cc1ccc(Br)cc1OCc1cnns1. The van der Waals surface area contributed by atoms with Crippen molar-refractivity contribution in [3.8, 4) is 5.75 Å². The highest BCUT2D eigenvalue weighted by Gasteiger charge is 2.02. The number of hydrogen-bond acceptors (Lipinski definition) is 4. The minimum Gasteiger partial charge on any atom is -0.488 e. The number of aryl methyl sites for hydroxylation is 1. The summed E-state index contributed by atoms with van der Waals surface area (Å²) < 4.78 is 10.5. The third-order valence-corrected chi connectivity index (χ3v) is 3.05. The zero-order valence-electron chi connectivity index (χ0n) is 8.11. The lowest BCUT2D eigenvalue weighted by Crippen LogP contribution is -1.94. The average Bonchev–Trinajstić information content (AvgIpc) is 2.72. The highest BCUT2D eigenvalue weighted by Crippen LogP contribution is 2.23. The second kappa shape index (κ2) is 4.72. The van der Waals surface area contributed by atoms with Gasteiger partial charge >= 0.3 is 0 Å². The van der Waals surface area contributed by atoms with Crippen molar-refractivity contribution in [1.82, 2.24) is 9.59 Å². The molecule has 3 nitrogen and oxygen atoms in total. The van der Waals surface area contributed by atoms with E-state index in [1.54, 1.807) is 6.20 Å². The Labute approximate surface area is 100 Å². The Bertz CT molecular complexity index is 445. The summed E-state index contributed by atoms with van der Waals surface area (Å²) in [4.78, 5) is 1.02. The molecule has 0 atom stereocenters. The minimum absolute atomic E-state index is 0.523. The molecule has 0 fully saturated rings. The molecule has 0 amide bonds. The zero-order chi connectivity index (χ0) is 10.7. The van der Waals surface area contributed by atoms with Gasteiger partial charge in [0.15, 0.2) is 0 Å². The van der Waals surface area contributed by atoms with Gasteiger partial charge in [0.1, 0.15) is 12.4 Å². The predicted octanol–water partition coefficient (Wildman–Crippen LogP) is 3.19.